The second kappa shape index (κ2) is 6.05. The second-order valence-corrected chi connectivity index (χ2v) is 5.23. The van der Waals surface area contributed by atoms with Gasteiger partial charge < -0.3 is 15.2 Å². The summed E-state index contributed by atoms with van der Waals surface area (Å²) in [6, 6.07) is 9.75. The van der Waals surface area contributed by atoms with E-state index >= 15 is 0 Å². The fraction of sp³-hybridized carbons (Fsp3) is 0.400. The number of nitrogens with one attached hydrogen (secondary N) is 2. The minimum Gasteiger partial charge on any atom is -0.353 e. The van der Waals surface area contributed by atoms with E-state index in [1.165, 1.54) is 6.92 Å². The van der Waals surface area contributed by atoms with E-state index in [4.69, 9.17) is 4.52 Å². The van der Waals surface area contributed by atoms with Gasteiger partial charge in [-0.3, -0.25) is 4.79 Å². The number of rotatable bonds is 3. The summed E-state index contributed by atoms with van der Waals surface area (Å²) in [4.78, 5) is 15.8. The number of hydrogen-bond acceptors (Lipinski definition) is 5. The number of carbonyl (C=O) groups excluding carboxylic acids is 1. The lowest BCUT2D eigenvalue weighted by Gasteiger charge is -2.29. The molecular weight excluding hydrogens is 268 g/mol. The molecule has 110 valence electrons. The molecular formula is C15H18N4O2. The van der Waals surface area contributed by atoms with E-state index in [0.717, 1.165) is 25.1 Å². The Morgan fingerprint density at radius 2 is 2.19 bits per heavy atom. The quantitative estimate of drug-likeness (QED) is 0.889. The molecule has 1 aromatic heterocycles. The minimum atomic E-state index is -0.0327. The van der Waals surface area contributed by atoms with Crippen LogP contribution in [-0.4, -0.2) is 35.2 Å². The number of benzene rings is 1. The van der Waals surface area contributed by atoms with Crippen molar-refractivity contribution in [1.82, 2.24) is 20.8 Å². The number of piperidine rings is 1. The van der Waals surface area contributed by atoms with Crippen molar-refractivity contribution in [2.45, 2.75) is 25.3 Å². The van der Waals surface area contributed by atoms with Crippen LogP contribution in [0.25, 0.3) is 11.4 Å². The molecule has 2 N–H and O–H groups in total. The molecule has 1 saturated heterocycles. The molecule has 3 rings (SSSR count). The van der Waals surface area contributed by atoms with E-state index < -0.39 is 0 Å². The van der Waals surface area contributed by atoms with Gasteiger partial charge in [0.05, 0.1) is 5.92 Å². The molecule has 1 amide bonds. The molecule has 1 fully saturated rings. The summed E-state index contributed by atoms with van der Waals surface area (Å²) >= 11 is 0. The van der Waals surface area contributed by atoms with Gasteiger partial charge in [0.1, 0.15) is 0 Å². The highest BCUT2D eigenvalue weighted by Crippen LogP contribution is 2.25. The van der Waals surface area contributed by atoms with E-state index in [1.54, 1.807) is 0 Å². The SMILES string of the molecule is CC(=O)NC1CCNCC1c1nc(-c2ccccc2)no1. The number of amides is 1. The smallest absolute Gasteiger partial charge is 0.233 e. The number of aromatic nitrogens is 2. The summed E-state index contributed by atoms with van der Waals surface area (Å²) < 4.78 is 5.42. The Morgan fingerprint density at radius 3 is 2.95 bits per heavy atom. The van der Waals surface area contributed by atoms with Crippen LogP contribution in [0.2, 0.25) is 0 Å². The third-order valence-electron chi connectivity index (χ3n) is 3.66. The van der Waals surface area contributed by atoms with E-state index in [9.17, 15) is 4.79 Å². The maximum Gasteiger partial charge on any atom is 0.233 e. The summed E-state index contributed by atoms with van der Waals surface area (Å²) in [6.07, 6.45) is 0.854. The Balaban J connectivity index is 1.82. The van der Waals surface area contributed by atoms with Gasteiger partial charge in [0.25, 0.3) is 0 Å². The van der Waals surface area contributed by atoms with Gasteiger partial charge in [-0.05, 0) is 13.0 Å². The van der Waals surface area contributed by atoms with Gasteiger partial charge >= 0.3 is 0 Å². The molecule has 0 radical (unpaired) electrons. The molecule has 2 heterocycles. The van der Waals surface area contributed by atoms with Gasteiger partial charge in [0.15, 0.2) is 0 Å². The average molecular weight is 286 g/mol. The zero-order valence-electron chi connectivity index (χ0n) is 11.9. The van der Waals surface area contributed by atoms with Gasteiger partial charge in [-0.2, -0.15) is 4.98 Å². The zero-order valence-corrected chi connectivity index (χ0v) is 11.9. The van der Waals surface area contributed by atoms with Crippen molar-refractivity contribution in [1.29, 1.82) is 0 Å². The average Bonchev–Trinajstić information content (AvgIpc) is 2.98. The van der Waals surface area contributed by atoms with Crippen LogP contribution in [0.5, 0.6) is 0 Å². The van der Waals surface area contributed by atoms with Crippen LogP contribution in [0.1, 0.15) is 25.2 Å². The third-order valence-corrected chi connectivity index (χ3v) is 3.66. The molecule has 6 heteroatoms. The van der Waals surface area contributed by atoms with Crippen LogP contribution in [-0.2, 0) is 4.79 Å². The van der Waals surface area contributed by atoms with Gasteiger partial charge in [-0.15, -0.1) is 0 Å². The molecule has 0 bridgehead atoms. The molecule has 0 spiro atoms. The van der Waals surface area contributed by atoms with Crippen molar-refractivity contribution >= 4 is 5.91 Å². The summed E-state index contributed by atoms with van der Waals surface area (Å²) in [5, 5.41) is 10.3. The Labute approximate surface area is 122 Å². The lowest BCUT2D eigenvalue weighted by molar-refractivity contribution is -0.120. The highest BCUT2D eigenvalue weighted by molar-refractivity contribution is 5.73. The maximum atomic E-state index is 11.3. The first-order chi connectivity index (χ1) is 10.2. The highest BCUT2D eigenvalue weighted by atomic mass is 16.5. The predicted molar refractivity (Wildman–Crippen MR) is 77.6 cm³/mol. The van der Waals surface area contributed by atoms with Gasteiger partial charge in [0, 0.05) is 25.1 Å². The van der Waals surface area contributed by atoms with Crippen molar-refractivity contribution in [3.8, 4) is 11.4 Å². The molecule has 6 nitrogen and oxygen atoms in total. The summed E-state index contributed by atoms with van der Waals surface area (Å²) in [5.74, 6) is 1.12. The van der Waals surface area contributed by atoms with Crippen LogP contribution < -0.4 is 10.6 Å². The minimum absolute atomic E-state index is 0.00705. The summed E-state index contributed by atoms with van der Waals surface area (Å²) in [5.41, 5.74) is 0.923. The standard InChI is InChI=1S/C15H18N4O2/c1-10(20)17-13-7-8-16-9-12(13)15-18-14(19-21-15)11-5-3-2-4-6-11/h2-6,12-13,16H,7-9H2,1H3,(H,17,20). The van der Waals surface area contributed by atoms with Crippen LogP contribution in [0.3, 0.4) is 0 Å². The molecule has 21 heavy (non-hydrogen) atoms. The Kier molecular flexibility index (Phi) is 3.96. The molecule has 0 saturated carbocycles. The first-order valence-electron chi connectivity index (χ1n) is 7.11. The van der Waals surface area contributed by atoms with Crippen molar-refractivity contribution in [2.75, 3.05) is 13.1 Å². The van der Waals surface area contributed by atoms with Gasteiger partial charge in [0.2, 0.25) is 17.6 Å². The first kappa shape index (κ1) is 13.8. The van der Waals surface area contributed by atoms with Crippen molar-refractivity contribution < 1.29 is 9.32 Å². The van der Waals surface area contributed by atoms with E-state index in [-0.39, 0.29) is 17.9 Å². The largest absolute Gasteiger partial charge is 0.353 e. The summed E-state index contributed by atoms with van der Waals surface area (Å²) in [6.45, 7) is 3.13. The Bertz CT molecular complexity index is 611. The Morgan fingerprint density at radius 1 is 1.38 bits per heavy atom. The van der Waals surface area contributed by atoms with Crippen LogP contribution in [0.15, 0.2) is 34.9 Å². The highest BCUT2D eigenvalue weighted by Gasteiger charge is 2.31. The van der Waals surface area contributed by atoms with Crippen molar-refractivity contribution in [3.05, 3.63) is 36.2 Å². The van der Waals surface area contributed by atoms with Crippen molar-refractivity contribution in [3.63, 3.8) is 0 Å². The fourth-order valence-corrected chi connectivity index (χ4v) is 2.64. The Hall–Kier alpha value is -2.21. The molecule has 2 atom stereocenters. The normalized spacial score (nSPS) is 22.0. The van der Waals surface area contributed by atoms with Crippen molar-refractivity contribution in [2.24, 2.45) is 0 Å². The van der Waals surface area contributed by atoms with E-state index in [0.29, 0.717) is 11.7 Å². The van der Waals surface area contributed by atoms with Crippen LogP contribution >= 0.6 is 0 Å². The molecule has 1 aliphatic rings. The molecule has 1 aromatic carbocycles. The van der Waals surface area contributed by atoms with Crippen LogP contribution in [0.4, 0.5) is 0 Å². The lowest BCUT2D eigenvalue weighted by atomic mass is 9.93. The molecule has 2 unspecified atom stereocenters. The van der Waals surface area contributed by atoms with Crippen LogP contribution in [0, 0.1) is 0 Å². The van der Waals surface area contributed by atoms with Gasteiger partial charge in [-0.25, -0.2) is 0 Å². The van der Waals surface area contributed by atoms with Gasteiger partial charge in [-0.1, -0.05) is 35.5 Å². The topological polar surface area (TPSA) is 80.0 Å². The maximum absolute atomic E-state index is 11.3. The van der Waals surface area contributed by atoms with E-state index in [1.807, 2.05) is 30.3 Å². The number of nitrogens with zero attached hydrogens (tertiary/aromatic N) is 2. The molecule has 1 aliphatic heterocycles. The first-order valence-corrected chi connectivity index (χ1v) is 7.11. The molecule has 2 aromatic rings. The number of carbonyl (C=O) groups is 1. The second-order valence-electron chi connectivity index (χ2n) is 5.23. The zero-order chi connectivity index (χ0) is 14.7. The predicted octanol–water partition coefficient (Wildman–Crippen LogP) is 1.32. The lowest BCUT2D eigenvalue weighted by Crippen LogP contribution is -2.47. The monoisotopic (exact) mass is 286 g/mol. The summed E-state index contributed by atoms with van der Waals surface area (Å²) in [7, 11) is 0. The third kappa shape index (κ3) is 3.11. The molecule has 0 aliphatic carbocycles. The van der Waals surface area contributed by atoms with E-state index in [2.05, 4.69) is 20.8 Å². The fourth-order valence-electron chi connectivity index (χ4n) is 2.64. The number of hydrogen-bond donors (Lipinski definition) is 2.